The summed E-state index contributed by atoms with van der Waals surface area (Å²) in [7, 11) is 0. The van der Waals surface area contributed by atoms with E-state index in [0.29, 0.717) is 40.7 Å². The zero-order chi connectivity index (χ0) is 21.3. The normalized spacial score (nSPS) is 13.9. The third-order valence-corrected chi connectivity index (χ3v) is 5.14. The van der Waals surface area contributed by atoms with Crippen LogP contribution in [0.2, 0.25) is 5.02 Å². The molecular weight excluding hydrogens is 404 g/mol. The second kappa shape index (κ2) is 8.07. The van der Waals surface area contributed by atoms with Crippen molar-refractivity contribution in [3.63, 3.8) is 0 Å². The highest BCUT2D eigenvalue weighted by molar-refractivity contribution is 6.30. The van der Waals surface area contributed by atoms with Crippen LogP contribution < -0.4 is 10.1 Å². The molecule has 0 aliphatic heterocycles. The zero-order valence-electron chi connectivity index (χ0n) is 17.1. The van der Waals surface area contributed by atoms with Gasteiger partial charge in [0.05, 0.1) is 12.1 Å². The Morgan fingerprint density at radius 3 is 2.57 bits per heavy atom. The van der Waals surface area contributed by atoms with E-state index in [1.807, 2.05) is 26.0 Å². The molecule has 2 heterocycles. The van der Waals surface area contributed by atoms with Gasteiger partial charge in [0.25, 0.3) is 5.91 Å². The highest BCUT2D eigenvalue weighted by Gasteiger charge is 2.29. The van der Waals surface area contributed by atoms with E-state index in [-0.39, 0.29) is 11.6 Å². The minimum atomic E-state index is -0.821. The lowest BCUT2D eigenvalue weighted by molar-refractivity contribution is 0.0902. The quantitative estimate of drug-likeness (QED) is 0.596. The van der Waals surface area contributed by atoms with Crippen molar-refractivity contribution in [3.8, 4) is 17.0 Å². The second-order valence-corrected chi connectivity index (χ2v) is 8.46. The van der Waals surface area contributed by atoms with E-state index in [4.69, 9.17) is 20.9 Å². The summed E-state index contributed by atoms with van der Waals surface area (Å²) < 4.78 is 11.0. The summed E-state index contributed by atoms with van der Waals surface area (Å²) in [5.74, 6) is 1.74. The number of hydrogen-bond acceptors (Lipinski definition) is 6. The first-order chi connectivity index (χ1) is 14.3. The van der Waals surface area contributed by atoms with Crippen LogP contribution in [0, 0.1) is 12.8 Å². The van der Waals surface area contributed by atoms with Crippen molar-refractivity contribution in [2.75, 3.05) is 6.61 Å². The minimum Gasteiger partial charge on any atom is -0.491 e. The van der Waals surface area contributed by atoms with E-state index in [1.54, 1.807) is 31.2 Å². The molecule has 156 valence electrons. The molecule has 30 heavy (non-hydrogen) atoms. The lowest BCUT2D eigenvalue weighted by atomic mass is 10.0. The molecule has 8 heteroatoms. The third-order valence-electron chi connectivity index (χ3n) is 4.89. The summed E-state index contributed by atoms with van der Waals surface area (Å²) in [4.78, 5) is 21.8. The van der Waals surface area contributed by atoms with E-state index < -0.39 is 5.54 Å². The molecule has 0 spiro atoms. The average Bonchev–Trinajstić information content (AvgIpc) is 3.44. The Morgan fingerprint density at radius 1 is 1.20 bits per heavy atom. The fourth-order valence-corrected chi connectivity index (χ4v) is 3.08. The molecule has 1 fully saturated rings. The number of nitrogens with one attached hydrogen (secondary N) is 1. The van der Waals surface area contributed by atoms with Gasteiger partial charge in [0.15, 0.2) is 5.82 Å². The van der Waals surface area contributed by atoms with Crippen LogP contribution in [0.1, 0.15) is 48.9 Å². The van der Waals surface area contributed by atoms with Gasteiger partial charge in [-0.05, 0) is 56.9 Å². The van der Waals surface area contributed by atoms with Crippen molar-refractivity contribution in [2.24, 2.45) is 5.92 Å². The Hall–Kier alpha value is -2.93. The molecule has 1 aromatic carbocycles. The van der Waals surface area contributed by atoms with Crippen LogP contribution in [0.15, 0.2) is 40.9 Å². The molecule has 1 N–H and O–H groups in total. The summed E-state index contributed by atoms with van der Waals surface area (Å²) in [5, 5.41) is 7.47. The molecule has 2 aromatic heterocycles. The molecule has 0 saturated heterocycles. The molecule has 0 atom stereocenters. The number of aromatic nitrogens is 3. The molecular formula is C22H23ClN4O3. The maximum atomic E-state index is 12.9. The predicted molar refractivity (Wildman–Crippen MR) is 112 cm³/mol. The van der Waals surface area contributed by atoms with Crippen LogP contribution >= 0.6 is 11.6 Å². The van der Waals surface area contributed by atoms with Crippen LogP contribution in [-0.2, 0) is 5.54 Å². The van der Waals surface area contributed by atoms with Crippen molar-refractivity contribution in [1.82, 2.24) is 20.4 Å². The minimum absolute atomic E-state index is 0.270. The average molecular weight is 427 g/mol. The van der Waals surface area contributed by atoms with Crippen molar-refractivity contribution in [3.05, 3.63) is 58.8 Å². The standard InChI is InChI=1S/C22H23ClN4O3/c1-13-24-21(27-30-13)22(2,3)26-20(28)17-10-11-18(29-12-14-4-5-14)19(25-17)15-6-8-16(23)9-7-15/h6-11,14H,4-5,12H2,1-3H3,(H,26,28). The van der Waals surface area contributed by atoms with Gasteiger partial charge in [-0.1, -0.05) is 28.9 Å². The molecule has 0 unspecified atom stereocenters. The first-order valence-corrected chi connectivity index (χ1v) is 10.2. The van der Waals surface area contributed by atoms with E-state index in [2.05, 4.69) is 20.4 Å². The molecule has 1 saturated carbocycles. The first kappa shape index (κ1) is 20.3. The lowest BCUT2D eigenvalue weighted by Crippen LogP contribution is -2.42. The predicted octanol–water partition coefficient (Wildman–Crippen LogP) is 4.55. The summed E-state index contributed by atoms with van der Waals surface area (Å²) in [6, 6.07) is 10.8. The highest BCUT2D eigenvalue weighted by atomic mass is 35.5. The summed E-state index contributed by atoms with van der Waals surface area (Å²) in [6.45, 7) is 5.97. The molecule has 4 rings (SSSR count). The fourth-order valence-electron chi connectivity index (χ4n) is 2.95. The van der Waals surface area contributed by atoms with Crippen LogP contribution in [0.3, 0.4) is 0 Å². The Morgan fingerprint density at radius 2 is 1.93 bits per heavy atom. The molecule has 3 aromatic rings. The van der Waals surface area contributed by atoms with Crippen molar-refractivity contribution >= 4 is 17.5 Å². The van der Waals surface area contributed by atoms with Crippen LogP contribution in [0.4, 0.5) is 0 Å². The number of hydrogen-bond donors (Lipinski definition) is 1. The number of halogens is 1. The van der Waals surface area contributed by atoms with Gasteiger partial charge in [0.1, 0.15) is 17.1 Å². The zero-order valence-corrected chi connectivity index (χ0v) is 17.9. The van der Waals surface area contributed by atoms with E-state index in [9.17, 15) is 4.79 Å². The Kier molecular flexibility index (Phi) is 5.47. The Balaban J connectivity index is 1.61. The summed E-state index contributed by atoms with van der Waals surface area (Å²) >= 11 is 6.03. The number of ether oxygens (including phenoxy) is 1. The smallest absolute Gasteiger partial charge is 0.270 e. The summed E-state index contributed by atoms with van der Waals surface area (Å²) in [5.41, 5.74) is 0.881. The second-order valence-electron chi connectivity index (χ2n) is 8.02. The van der Waals surface area contributed by atoms with Gasteiger partial charge in [0.2, 0.25) is 5.89 Å². The maximum Gasteiger partial charge on any atom is 0.270 e. The third kappa shape index (κ3) is 4.62. The Bertz CT molecular complexity index is 1060. The van der Waals surface area contributed by atoms with Crippen molar-refractivity contribution in [2.45, 2.75) is 39.2 Å². The van der Waals surface area contributed by atoms with E-state index in [1.165, 1.54) is 12.8 Å². The van der Waals surface area contributed by atoms with Crippen LogP contribution in [0.25, 0.3) is 11.3 Å². The molecule has 7 nitrogen and oxygen atoms in total. The van der Waals surface area contributed by atoms with Crippen molar-refractivity contribution < 1.29 is 14.1 Å². The number of amides is 1. The van der Waals surface area contributed by atoms with Gasteiger partial charge in [-0.3, -0.25) is 4.79 Å². The van der Waals surface area contributed by atoms with E-state index in [0.717, 1.165) is 5.56 Å². The Labute approximate surface area is 179 Å². The van der Waals surface area contributed by atoms with Gasteiger partial charge in [-0.15, -0.1) is 0 Å². The van der Waals surface area contributed by atoms with Gasteiger partial charge >= 0.3 is 0 Å². The first-order valence-electron chi connectivity index (χ1n) is 9.85. The topological polar surface area (TPSA) is 90.1 Å². The molecule has 0 radical (unpaired) electrons. The molecule has 0 bridgehead atoms. The number of carbonyl (C=O) groups excluding carboxylic acids is 1. The van der Waals surface area contributed by atoms with Gasteiger partial charge in [-0.2, -0.15) is 4.98 Å². The van der Waals surface area contributed by atoms with Gasteiger partial charge < -0.3 is 14.6 Å². The number of pyridine rings is 1. The highest BCUT2D eigenvalue weighted by Crippen LogP contribution is 2.33. The number of carbonyl (C=O) groups is 1. The molecule has 1 aliphatic rings. The van der Waals surface area contributed by atoms with Gasteiger partial charge in [0, 0.05) is 17.5 Å². The molecule has 1 aliphatic carbocycles. The number of nitrogens with zero attached hydrogens (tertiary/aromatic N) is 3. The maximum absolute atomic E-state index is 12.9. The largest absolute Gasteiger partial charge is 0.491 e. The number of aryl methyl sites for hydroxylation is 1. The van der Waals surface area contributed by atoms with Crippen LogP contribution in [0.5, 0.6) is 5.75 Å². The molecule has 1 amide bonds. The lowest BCUT2D eigenvalue weighted by Gasteiger charge is -2.22. The van der Waals surface area contributed by atoms with Crippen LogP contribution in [-0.4, -0.2) is 27.6 Å². The number of benzene rings is 1. The monoisotopic (exact) mass is 426 g/mol. The van der Waals surface area contributed by atoms with E-state index >= 15 is 0 Å². The SMILES string of the molecule is Cc1nc(C(C)(C)NC(=O)c2ccc(OCC3CC3)c(-c3ccc(Cl)cc3)n2)no1. The number of rotatable bonds is 7. The fraction of sp³-hybridized carbons (Fsp3) is 0.364. The van der Waals surface area contributed by atoms with Crippen molar-refractivity contribution in [1.29, 1.82) is 0 Å². The van der Waals surface area contributed by atoms with Gasteiger partial charge in [-0.25, -0.2) is 4.98 Å². The summed E-state index contributed by atoms with van der Waals surface area (Å²) in [6.07, 6.45) is 2.38.